The van der Waals surface area contributed by atoms with Crippen LogP contribution in [-0.2, 0) is 9.53 Å². The number of esters is 1. The number of amides is 3. The number of carbonyl (C=O) groups excluding carboxylic acids is 3. The fraction of sp³-hybridized carbons (Fsp3) is 0.414. The molecule has 40 heavy (non-hydrogen) atoms. The molecule has 0 aliphatic carbocycles. The van der Waals surface area contributed by atoms with E-state index in [0.29, 0.717) is 72.4 Å². The van der Waals surface area contributed by atoms with Gasteiger partial charge in [-0.15, -0.1) is 0 Å². The normalized spacial score (nSPS) is 17.8. The van der Waals surface area contributed by atoms with Gasteiger partial charge in [0.1, 0.15) is 5.75 Å². The van der Waals surface area contributed by atoms with Crippen LogP contribution in [0, 0.1) is 0 Å². The molecule has 2 aliphatic rings. The lowest BCUT2D eigenvalue weighted by molar-refractivity contribution is -0.139. The zero-order valence-electron chi connectivity index (χ0n) is 23.6. The number of hydrogen-bond donors (Lipinski definition) is 1. The van der Waals surface area contributed by atoms with Crippen LogP contribution in [0.5, 0.6) is 17.2 Å². The second kappa shape index (κ2) is 12.7. The Morgan fingerprint density at radius 3 is 2.33 bits per heavy atom. The first kappa shape index (κ1) is 28.8. The summed E-state index contributed by atoms with van der Waals surface area (Å²) >= 11 is 0. The van der Waals surface area contributed by atoms with Crippen LogP contribution in [0.2, 0.25) is 0 Å². The molecule has 11 nitrogen and oxygen atoms in total. The fourth-order valence-corrected chi connectivity index (χ4v) is 4.94. The van der Waals surface area contributed by atoms with Crippen molar-refractivity contribution in [2.45, 2.75) is 13.0 Å². The lowest BCUT2D eigenvalue weighted by atomic mass is 9.94. The number of likely N-dealkylation sites (N-methyl/N-ethyl adjacent to an activating group) is 1. The fourth-order valence-electron chi connectivity index (χ4n) is 4.94. The highest BCUT2D eigenvalue weighted by atomic mass is 16.5. The molecule has 3 amide bonds. The predicted octanol–water partition coefficient (Wildman–Crippen LogP) is 2.68. The van der Waals surface area contributed by atoms with Crippen LogP contribution in [0.15, 0.2) is 53.7 Å². The van der Waals surface area contributed by atoms with E-state index in [0.717, 1.165) is 0 Å². The zero-order chi connectivity index (χ0) is 28.8. The minimum atomic E-state index is -0.742. The Hall–Kier alpha value is -4.25. The van der Waals surface area contributed by atoms with Gasteiger partial charge in [-0.25, -0.2) is 9.59 Å². The van der Waals surface area contributed by atoms with E-state index in [2.05, 4.69) is 10.2 Å². The van der Waals surface area contributed by atoms with Gasteiger partial charge in [0, 0.05) is 51.0 Å². The number of nitrogens with one attached hydrogen (secondary N) is 1. The van der Waals surface area contributed by atoms with Crippen molar-refractivity contribution < 1.29 is 33.3 Å². The Balaban J connectivity index is 1.59. The van der Waals surface area contributed by atoms with Crippen LogP contribution < -0.4 is 19.5 Å². The Morgan fingerprint density at radius 1 is 0.950 bits per heavy atom. The molecular formula is C29H36N4O7. The number of piperazine rings is 1. The van der Waals surface area contributed by atoms with Crippen molar-refractivity contribution in [1.82, 2.24) is 20.0 Å². The Bertz CT molecular complexity index is 1290. The van der Waals surface area contributed by atoms with E-state index in [4.69, 9.17) is 18.9 Å². The summed E-state index contributed by atoms with van der Waals surface area (Å²) < 4.78 is 21.5. The number of rotatable bonds is 9. The minimum absolute atomic E-state index is 0.0624. The van der Waals surface area contributed by atoms with Crippen LogP contribution in [-0.4, -0.2) is 100 Å². The first-order chi connectivity index (χ1) is 19.3. The zero-order valence-corrected chi connectivity index (χ0v) is 23.6. The molecule has 2 heterocycles. The lowest BCUT2D eigenvalue weighted by Crippen LogP contribution is -2.53. The standard InChI is InChI=1S/C29H36N4O7/c1-6-40-28(35)25-22(31(2)29(36)30-26(25)19-10-11-23(38-4)24(17-19)39-5)18-32-12-14-33(15-13-32)27(34)20-8-7-9-21(16-20)37-3/h7-11,16-17,26H,6,12-15,18H2,1-5H3,(H,30,36). The first-order valence-corrected chi connectivity index (χ1v) is 13.1. The topological polar surface area (TPSA) is 110 Å². The average Bonchev–Trinajstić information content (AvgIpc) is 2.99. The SMILES string of the molecule is CCOC(=O)C1=C(CN2CCN(C(=O)c3cccc(OC)c3)CC2)N(C)C(=O)NC1c1ccc(OC)c(OC)c1. The highest BCUT2D eigenvalue weighted by molar-refractivity contribution is 5.95. The van der Waals surface area contributed by atoms with Crippen LogP contribution in [0.25, 0.3) is 0 Å². The van der Waals surface area contributed by atoms with Crippen molar-refractivity contribution in [3.63, 3.8) is 0 Å². The van der Waals surface area contributed by atoms with Gasteiger partial charge < -0.3 is 29.2 Å². The summed E-state index contributed by atoms with van der Waals surface area (Å²) in [6.45, 7) is 4.44. The van der Waals surface area contributed by atoms with E-state index in [9.17, 15) is 14.4 Å². The van der Waals surface area contributed by atoms with Gasteiger partial charge in [0.25, 0.3) is 5.91 Å². The van der Waals surface area contributed by atoms with E-state index >= 15 is 0 Å². The van der Waals surface area contributed by atoms with Crippen LogP contribution in [0.3, 0.4) is 0 Å². The maximum atomic E-state index is 13.3. The molecule has 214 valence electrons. The summed E-state index contributed by atoms with van der Waals surface area (Å²) in [6.07, 6.45) is 0. The van der Waals surface area contributed by atoms with Gasteiger partial charge in [-0.05, 0) is 42.8 Å². The second-order valence-electron chi connectivity index (χ2n) is 9.44. The molecule has 2 aliphatic heterocycles. The molecule has 1 unspecified atom stereocenters. The molecule has 11 heteroatoms. The summed E-state index contributed by atoms with van der Waals surface area (Å²) in [5, 5.41) is 2.93. The first-order valence-electron chi connectivity index (χ1n) is 13.1. The summed E-state index contributed by atoms with van der Waals surface area (Å²) in [4.78, 5) is 44.9. The molecule has 1 fully saturated rings. The molecule has 0 radical (unpaired) electrons. The largest absolute Gasteiger partial charge is 0.497 e. The van der Waals surface area contributed by atoms with Crippen LogP contribution in [0.4, 0.5) is 4.79 Å². The van der Waals surface area contributed by atoms with E-state index < -0.39 is 12.0 Å². The molecule has 1 saturated heterocycles. The quantitative estimate of drug-likeness (QED) is 0.473. The Kier molecular flexibility index (Phi) is 9.15. The highest BCUT2D eigenvalue weighted by Crippen LogP contribution is 2.36. The van der Waals surface area contributed by atoms with Crippen molar-refractivity contribution in [2.24, 2.45) is 0 Å². The number of hydrogen-bond acceptors (Lipinski definition) is 8. The number of urea groups is 1. The van der Waals surface area contributed by atoms with Crippen LogP contribution >= 0.6 is 0 Å². The van der Waals surface area contributed by atoms with Gasteiger partial charge >= 0.3 is 12.0 Å². The maximum absolute atomic E-state index is 13.3. The van der Waals surface area contributed by atoms with Crippen molar-refractivity contribution in [3.8, 4) is 17.2 Å². The molecule has 2 aromatic carbocycles. The third-order valence-electron chi connectivity index (χ3n) is 7.16. The number of carbonyl (C=O) groups is 3. The van der Waals surface area contributed by atoms with E-state index in [-0.39, 0.29) is 18.5 Å². The Labute approximate surface area is 234 Å². The molecule has 0 spiro atoms. The third kappa shape index (κ3) is 5.99. The van der Waals surface area contributed by atoms with Crippen LogP contribution in [0.1, 0.15) is 28.9 Å². The summed E-state index contributed by atoms with van der Waals surface area (Å²) in [7, 11) is 6.28. The molecule has 4 rings (SSSR count). The smallest absolute Gasteiger partial charge is 0.338 e. The molecule has 2 aromatic rings. The molecule has 1 N–H and O–H groups in total. The van der Waals surface area contributed by atoms with Gasteiger partial charge in [-0.1, -0.05) is 12.1 Å². The van der Waals surface area contributed by atoms with Gasteiger partial charge in [-0.3, -0.25) is 14.6 Å². The number of ether oxygens (including phenoxy) is 4. The highest BCUT2D eigenvalue weighted by Gasteiger charge is 2.38. The number of nitrogens with zero attached hydrogens (tertiary/aromatic N) is 3. The lowest BCUT2D eigenvalue weighted by Gasteiger charge is -2.39. The van der Waals surface area contributed by atoms with E-state index in [1.54, 1.807) is 75.6 Å². The number of benzene rings is 2. The van der Waals surface area contributed by atoms with Gasteiger partial charge in [0.15, 0.2) is 11.5 Å². The average molecular weight is 553 g/mol. The van der Waals surface area contributed by atoms with E-state index in [1.165, 1.54) is 12.0 Å². The molecule has 0 bridgehead atoms. The van der Waals surface area contributed by atoms with Gasteiger partial charge in [0.2, 0.25) is 0 Å². The van der Waals surface area contributed by atoms with Crippen molar-refractivity contribution in [1.29, 1.82) is 0 Å². The molecule has 1 atom stereocenters. The Morgan fingerprint density at radius 2 is 1.68 bits per heavy atom. The second-order valence-corrected chi connectivity index (χ2v) is 9.44. The molecular weight excluding hydrogens is 516 g/mol. The molecule has 0 aromatic heterocycles. The van der Waals surface area contributed by atoms with Crippen molar-refractivity contribution in [2.75, 3.05) is 67.7 Å². The van der Waals surface area contributed by atoms with Gasteiger partial charge in [-0.2, -0.15) is 0 Å². The van der Waals surface area contributed by atoms with Crippen molar-refractivity contribution >= 4 is 17.9 Å². The summed E-state index contributed by atoms with van der Waals surface area (Å²) in [5.74, 6) is 1.08. The third-order valence-corrected chi connectivity index (χ3v) is 7.16. The molecule has 0 saturated carbocycles. The minimum Gasteiger partial charge on any atom is -0.497 e. The van der Waals surface area contributed by atoms with Crippen molar-refractivity contribution in [3.05, 3.63) is 64.9 Å². The summed E-state index contributed by atoms with van der Waals surface area (Å²) in [5.41, 5.74) is 2.13. The maximum Gasteiger partial charge on any atom is 0.338 e. The van der Waals surface area contributed by atoms with Gasteiger partial charge in [0.05, 0.1) is 39.6 Å². The summed E-state index contributed by atoms with van der Waals surface area (Å²) in [6, 6.07) is 11.3. The monoisotopic (exact) mass is 552 g/mol. The predicted molar refractivity (Wildman–Crippen MR) is 148 cm³/mol. The van der Waals surface area contributed by atoms with E-state index in [1.807, 2.05) is 0 Å². The number of methoxy groups -OCH3 is 3.